The van der Waals surface area contributed by atoms with Gasteiger partial charge < -0.3 is 69.6 Å². The molecule has 1 aliphatic heterocycles. The molecule has 8 aromatic rings. The van der Waals surface area contributed by atoms with Gasteiger partial charge in [-0.1, -0.05) is 0 Å². The van der Waals surface area contributed by atoms with E-state index in [4.69, 9.17) is 0 Å². The zero-order chi connectivity index (χ0) is 35.3. The predicted molar refractivity (Wildman–Crippen MR) is 199 cm³/mol. The number of nitrogens with zero attached hydrogens (tertiary/aromatic N) is 4. The number of halogens is 4. The van der Waals surface area contributed by atoms with Crippen LogP contribution < -0.4 is 89.3 Å². The average Bonchev–Trinajstić information content (AvgIpc) is 3.99. The lowest BCUT2D eigenvalue weighted by atomic mass is 10.1. The molecule has 0 saturated heterocycles. The highest BCUT2D eigenvalue weighted by Crippen LogP contribution is 2.25. The second kappa shape index (κ2) is 17.0. The number of hydrogen-bond donors (Lipinski definition) is 4. The van der Waals surface area contributed by atoms with Crippen molar-refractivity contribution in [3.8, 4) is 0 Å². The lowest BCUT2D eigenvalue weighted by molar-refractivity contribution is -0.673. The van der Waals surface area contributed by atoms with E-state index in [1.165, 1.54) is 0 Å². The minimum Gasteiger partial charge on any atom is -1.00 e. The van der Waals surface area contributed by atoms with Gasteiger partial charge in [0.2, 0.25) is 22.8 Å². The van der Waals surface area contributed by atoms with Crippen molar-refractivity contribution in [2.24, 2.45) is 28.2 Å². The SMILES string of the molecule is C[n+]1ccccc1C1=c2ccc([nH]2)=C(c2cccc[n+]2C)c2ccc([nH]2)C(c2cccc[n+]2C)=c2ccc([nH]2)=C(c2cccc[n+]2C)c2ccc1[nH]2.[Cl-].[Cl-].[Cl-].[Cl-]. The smallest absolute Gasteiger partial charge is 0.216 e. The van der Waals surface area contributed by atoms with E-state index < -0.39 is 0 Å². The molecule has 284 valence electrons. The van der Waals surface area contributed by atoms with Gasteiger partial charge in [0.15, 0.2) is 24.8 Å². The molecule has 12 heteroatoms. The number of H-pyrrole nitrogens is 4. The molecule has 0 aliphatic carbocycles. The van der Waals surface area contributed by atoms with Gasteiger partial charge in [0.05, 0.1) is 66.5 Å². The van der Waals surface area contributed by atoms with Crippen LogP contribution in [-0.4, -0.2) is 19.9 Å². The molecule has 0 fully saturated rings. The van der Waals surface area contributed by atoms with Crippen molar-refractivity contribution in [2.45, 2.75) is 0 Å². The zero-order valence-electron chi connectivity index (χ0n) is 31.2. The normalized spacial score (nSPS) is 11.9. The maximum Gasteiger partial charge on any atom is 0.216 e. The van der Waals surface area contributed by atoms with Gasteiger partial charge in [0.1, 0.15) is 28.2 Å². The van der Waals surface area contributed by atoms with Crippen molar-refractivity contribution in [1.29, 1.82) is 0 Å². The molecule has 1 aliphatic rings. The van der Waals surface area contributed by atoms with Crippen molar-refractivity contribution >= 4 is 22.3 Å². The summed E-state index contributed by atoms with van der Waals surface area (Å²) in [6.45, 7) is 0. The Bertz CT molecular complexity index is 2550. The summed E-state index contributed by atoms with van der Waals surface area (Å²) in [6.07, 6.45) is 8.39. The summed E-state index contributed by atoms with van der Waals surface area (Å²) >= 11 is 0. The number of hydrogen-bond acceptors (Lipinski definition) is 0. The molecule has 56 heavy (non-hydrogen) atoms. The molecule has 8 nitrogen and oxygen atoms in total. The molecule has 8 aromatic heterocycles. The third-order valence-corrected chi connectivity index (χ3v) is 10.1. The molecule has 0 amide bonds. The second-order valence-electron chi connectivity index (χ2n) is 13.4. The van der Waals surface area contributed by atoms with Gasteiger partial charge >= 0.3 is 0 Å². The summed E-state index contributed by atoms with van der Waals surface area (Å²) in [5.41, 5.74) is 12.7. The van der Waals surface area contributed by atoms with E-state index in [2.05, 4.69) is 213 Å². The number of fused-ring (bicyclic) bond motifs is 8. The molecule has 0 aromatic carbocycles. The van der Waals surface area contributed by atoms with Crippen LogP contribution in [0.25, 0.3) is 22.3 Å². The van der Waals surface area contributed by atoms with Gasteiger partial charge in [-0.3, -0.25) is 0 Å². The number of rotatable bonds is 4. The van der Waals surface area contributed by atoms with Crippen LogP contribution >= 0.6 is 0 Å². The van der Waals surface area contributed by atoms with E-state index in [1.54, 1.807) is 0 Å². The Balaban J connectivity index is 0.00000150. The van der Waals surface area contributed by atoms with Gasteiger partial charge in [0, 0.05) is 48.5 Å². The summed E-state index contributed by atoms with van der Waals surface area (Å²) in [5, 5.41) is 4.05. The molecule has 4 N–H and O–H groups in total. The molecule has 8 bridgehead atoms. The van der Waals surface area contributed by atoms with Gasteiger partial charge in [0.25, 0.3) is 0 Å². The van der Waals surface area contributed by atoms with E-state index in [1.807, 2.05) is 0 Å². The highest BCUT2D eigenvalue weighted by molar-refractivity contribution is 5.81. The van der Waals surface area contributed by atoms with E-state index in [0.29, 0.717) is 0 Å². The van der Waals surface area contributed by atoms with Crippen molar-refractivity contribution in [3.63, 3.8) is 0 Å². The Kier molecular flexibility index (Phi) is 12.6. The maximum atomic E-state index is 3.88. The number of aromatic nitrogens is 8. The summed E-state index contributed by atoms with van der Waals surface area (Å²) in [5.74, 6) is 0. The van der Waals surface area contributed by atoms with Crippen LogP contribution in [0.3, 0.4) is 0 Å². The van der Waals surface area contributed by atoms with Crippen LogP contribution in [0.2, 0.25) is 0 Å². The molecule has 0 atom stereocenters. The van der Waals surface area contributed by atoms with Crippen molar-refractivity contribution in [3.05, 3.63) is 213 Å². The quantitative estimate of drug-likeness (QED) is 0.128. The highest BCUT2D eigenvalue weighted by Gasteiger charge is 2.25. The minimum atomic E-state index is 0. The largest absolute Gasteiger partial charge is 1.00 e. The van der Waals surface area contributed by atoms with Crippen LogP contribution in [0.4, 0.5) is 0 Å². The summed E-state index contributed by atoms with van der Waals surface area (Å²) < 4.78 is 8.70. The molecular weight excluding hydrogens is 782 g/mol. The number of aromatic amines is 4. The third kappa shape index (κ3) is 7.24. The molecule has 0 spiro atoms. The van der Waals surface area contributed by atoms with Gasteiger partial charge in [-0.15, -0.1) is 0 Å². The number of aryl methyl sites for hydroxylation is 4. The standard InChI is InChI=1S/C44H38N8.4ClH/c1-49-25-9-5-13-37(49)41-29-17-19-31(45-29)42(38-14-6-10-26-50(38)2)33-21-23-35(47-33)44(40-16-8-12-28-52(40)4)36-24-22-34(48-36)43(32-20-18-30(41)46-32)39-15-7-11-27-51(39)3;;;;/h5-28H,1-4H3,(H2,45,46,47,48);4*1H/q+2;;;;/p-2. The molecule has 9 heterocycles. The monoisotopic (exact) mass is 820 g/mol. The Morgan fingerprint density at radius 1 is 0.286 bits per heavy atom. The van der Waals surface area contributed by atoms with Crippen molar-refractivity contribution in [2.75, 3.05) is 0 Å². The van der Waals surface area contributed by atoms with Crippen LogP contribution in [0.15, 0.2) is 146 Å². The fraction of sp³-hybridized carbons (Fsp3) is 0.0909. The van der Waals surface area contributed by atoms with Crippen molar-refractivity contribution < 1.29 is 67.9 Å². The van der Waals surface area contributed by atoms with Crippen LogP contribution in [0.5, 0.6) is 0 Å². The Labute approximate surface area is 349 Å². The summed E-state index contributed by atoms with van der Waals surface area (Å²) in [4.78, 5) is 15.5. The first-order valence-corrected chi connectivity index (χ1v) is 17.5. The predicted octanol–water partition coefficient (Wildman–Crippen LogP) is -10.4. The van der Waals surface area contributed by atoms with E-state index in [0.717, 1.165) is 89.2 Å². The highest BCUT2D eigenvalue weighted by atomic mass is 35.5. The molecular formula is C44H40Cl4N8. The number of nitrogens with one attached hydrogen (secondary N) is 4. The maximum absolute atomic E-state index is 3.88. The van der Waals surface area contributed by atoms with Gasteiger partial charge in [-0.2, -0.15) is 0 Å². The van der Waals surface area contributed by atoms with E-state index in [-0.39, 0.29) is 49.6 Å². The fourth-order valence-corrected chi connectivity index (χ4v) is 7.56. The molecule has 0 saturated carbocycles. The Hall–Kier alpha value is -5.64. The first kappa shape index (κ1) is 41.5. The average molecular weight is 823 g/mol. The summed E-state index contributed by atoms with van der Waals surface area (Å²) in [6, 6.07) is 42.9. The van der Waals surface area contributed by atoms with Crippen LogP contribution in [-0.2, 0) is 28.2 Å². The second-order valence-corrected chi connectivity index (χ2v) is 13.4. The lowest BCUT2D eigenvalue weighted by Crippen LogP contribution is -3.00. The van der Waals surface area contributed by atoms with Crippen LogP contribution in [0, 0.1) is 0 Å². The lowest BCUT2D eigenvalue weighted by Gasteiger charge is -2.07. The number of pyridine rings is 4. The Morgan fingerprint density at radius 3 is 0.732 bits per heavy atom. The first-order chi connectivity index (χ1) is 25.4. The zero-order valence-corrected chi connectivity index (χ0v) is 34.2. The fourth-order valence-electron chi connectivity index (χ4n) is 7.56. The van der Waals surface area contributed by atoms with Gasteiger partial charge in [-0.05, 0) is 72.8 Å². The first-order valence-electron chi connectivity index (χ1n) is 17.5. The Morgan fingerprint density at radius 2 is 0.518 bits per heavy atom. The molecule has 0 radical (unpaired) electrons. The van der Waals surface area contributed by atoms with E-state index >= 15 is 0 Å². The van der Waals surface area contributed by atoms with Gasteiger partial charge in [-0.25, -0.2) is 18.3 Å². The minimum absolute atomic E-state index is 0. The summed E-state index contributed by atoms with van der Waals surface area (Å²) in [7, 11) is 8.39. The topological polar surface area (TPSA) is 78.7 Å². The third-order valence-electron chi connectivity index (χ3n) is 10.1. The molecule has 0 unspecified atom stereocenters. The van der Waals surface area contributed by atoms with E-state index in [9.17, 15) is 0 Å². The van der Waals surface area contributed by atoms with Crippen LogP contribution in [0.1, 0.15) is 45.6 Å². The molecule has 9 rings (SSSR count). The van der Waals surface area contributed by atoms with Crippen molar-refractivity contribution in [1.82, 2.24) is 19.9 Å².